The molecule has 0 radical (unpaired) electrons. The van der Waals surface area contributed by atoms with Crippen molar-refractivity contribution >= 4 is 35.0 Å². The third-order valence-corrected chi connectivity index (χ3v) is 6.42. The van der Waals surface area contributed by atoms with Crippen LogP contribution in [0.2, 0.25) is 5.02 Å². The minimum atomic E-state index is -0.661. The average molecular weight is 483 g/mol. The monoisotopic (exact) mass is 482 g/mol. The van der Waals surface area contributed by atoms with Crippen LogP contribution in [0.15, 0.2) is 69.6 Å². The zero-order chi connectivity index (χ0) is 23.7. The Labute approximate surface area is 200 Å². The van der Waals surface area contributed by atoms with Crippen molar-refractivity contribution in [2.75, 3.05) is 7.11 Å². The average Bonchev–Trinajstić information content (AvgIpc) is 3.08. The number of ether oxygens (including phenoxy) is 2. The van der Waals surface area contributed by atoms with Crippen molar-refractivity contribution < 1.29 is 14.3 Å². The summed E-state index contributed by atoms with van der Waals surface area (Å²) in [6, 6.07) is 13.9. The molecular weight excluding hydrogens is 460 g/mol. The number of nitrogens with zero attached hydrogens (tertiary/aromatic N) is 2. The van der Waals surface area contributed by atoms with Crippen LogP contribution in [0.1, 0.15) is 37.9 Å². The SMILES string of the molecule is COc1ccc(C2C(C(=O)OC(C)C)=C(C)N=c3sc(=Cc4ccc(Cl)cc4)c(=O)n32)cc1. The Morgan fingerprint density at radius 3 is 2.42 bits per heavy atom. The maximum Gasteiger partial charge on any atom is 0.338 e. The maximum atomic E-state index is 13.5. The molecule has 3 aromatic rings. The van der Waals surface area contributed by atoms with Crippen LogP contribution in [0.25, 0.3) is 6.08 Å². The van der Waals surface area contributed by atoms with Crippen LogP contribution in [-0.4, -0.2) is 23.8 Å². The number of benzene rings is 2. The number of aromatic nitrogens is 1. The van der Waals surface area contributed by atoms with Gasteiger partial charge in [-0.2, -0.15) is 0 Å². The molecule has 0 saturated carbocycles. The summed E-state index contributed by atoms with van der Waals surface area (Å²) in [6.07, 6.45) is 1.50. The van der Waals surface area contributed by atoms with Gasteiger partial charge in [0.05, 0.1) is 35.1 Å². The second-order valence-corrected chi connectivity index (χ2v) is 9.31. The van der Waals surface area contributed by atoms with Gasteiger partial charge in [0.25, 0.3) is 5.56 Å². The number of carbonyl (C=O) groups excluding carboxylic acids is 1. The fraction of sp³-hybridized carbons (Fsp3) is 0.240. The van der Waals surface area contributed by atoms with E-state index in [0.717, 1.165) is 11.1 Å². The molecule has 1 atom stereocenters. The van der Waals surface area contributed by atoms with E-state index in [2.05, 4.69) is 4.99 Å². The molecule has 4 rings (SSSR count). The molecule has 6 nitrogen and oxygen atoms in total. The van der Waals surface area contributed by atoms with E-state index in [1.165, 1.54) is 11.3 Å². The van der Waals surface area contributed by atoms with E-state index in [1.807, 2.05) is 24.3 Å². The van der Waals surface area contributed by atoms with Gasteiger partial charge in [-0.1, -0.05) is 47.2 Å². The molecule has 2 aromatic carbocycles. The lowest BCUT2D eigenvalue weighted by Crippen LogP contribution is -2.40. The first-order valence-corrected chi connectivity index (χ1v) is 11.6. The van der Waals surface area contributed by atoms with E-state index >= 15 is 0 Å². The molecule has 0 spiro atoms. The Morgan fingerprint density at radius 1 is 1.15 bits per heavy atom. The number of allylic oxidation sites excluding steroid dienone is 1. The minimum Gasteiger partial charge on any atom is -0.497 e. The summed E-state index contributed by atoms with van der Waals surface area (Å²) < 4.78 is 12.9. The van der Waals surface area contributed by atoms with Crippen molar-refractivity contribution in [3.63, 3.8) is 0 Å². The molecule has 1 aromatic heterocycles. The van der Waals surface area contributed by atoms with Gasteiger partial charge in [0.15, 0.2) is 4.80 Å². The van der Waals surface area contributed by atoms with Crippen LogP contribution < -0.4 is 19.6 Å². The fourth-order valence-corrected chi connectivity index (χ4v) is 4.84. The van der Waals surface area contributed by atoms with Gasteiger partial charge in [-0.05, 0) is 62.2 Å². The number of methoxy groups -OCH3 is 1. The van der Waals surface area contributed by atoms with Gasteiger partial charge in [-0.15, -0.1) is 0 Å². The highest BCUT2D eigenvalue weighted by Gasteiger charge is 2.33. The Morgan fingerprint density at radius 2 is 1.82 bits per heavy atom. The lowest BCUT2D eigenvalue weighted by atomic mass is 9.96. The normalized spacial score (nSPS) is 15.9. The zero-order valence-electron chi connectivity index (χ0n) is 18.7. The molecule has 2 heterocycles. The van der Waals surface area contributed by atoms with Gasteiger partial charge < -0.3 is 9.47 Å². The predicted octanol–water partition coefficient (Wildman–Crippen LogP) is 3.85. The number of esters is 1. The highest BCUT2D eigenvalue weighted by atomic mass is 35.5. The van der Waals surface area contributed by atoms with Gasteiger partial charge in [0.1, 0.15) is 5.75 Å². The zero-order valence-corrected chi connectivity index (χ0v) is 20.2. The van der Waals surface area contributed by atoms with Crippen molar-refractivity contribution in [3.05, 3.63) is 95.6 Å². The topological polar surface area (TPSA) is 69.9 Å². The molecule has 0 aliphatic carbocycles. The van der Waals surface area contributed by atoms with Crippen LogP contribution in [0.4, 0.5) is 0 Å². The number of thiazole rings is 1. The van der Waals surface area contributed by atoms with Crippen LogP contribution in [0.5, 0.6) is 5.75 Å². The van der Waals surface area contributed by atoms with E-state index < -0.39 is 12.0 Å². The first-order valence-electron chi connectivity index (χ1n) is 10.4. The molecule has 0 bridgehead atoms. The second-order valence-electron chi connectivity index (χ2n) is 7.86. The summed E-state index contributed by atoms with van der Waals surface area (Å²) in [5.74, 6) is 0.194. The summed E-state index contributed by atoms with van der Waals surface area (Å²) in [5, 5.41) is 0.622. The molecule has 0 amide bonds. The van der Waals surface area contributed by atoms with Crippen molar-refractivity contribution in [2.24, 2.45) is 4.99 Å². The van der Waals surface area contributed by atoms with Gasteiger partial charge in [-0.3, -0.25) is 9.36 Å². The number of hydrogen-bond acceptors (Lipinski definition) is 6. The molecular formula is C25H23ClN2O4S. The van der Waals surface area contributed by atoms with Crippen molar-refractivity contribution in [1.82, 2.24) is 4.57 Å². The number of hydrogen-bond donors (Lipinski definition) is 0. The minimum absolute atomic E-state index is 0.225. The predicted molar refractivity (Wildman–Crippen MR) is 129 cm³/mol. The van der Waals surface area contributed by atoms with Crippen LogP contribution in [0.3, 0.4) is 0 Å². The molecule has 1 unspecified atom stereocenters. The van der Waals surface area contributed by atoms with E-state index in [1.54, 1.807) is 62.8 Å². The largest absolute Gasteiger partial charge is 0.497 e. The van der Waals surface area contributed by atoms with Crippen LogP contribution in [-0.2, 0) is 9.53 Å². The molecule has 33 heavy (non-hydrogen) atoms. The fourth-order valence-electron chi connectivity index (χ4n) is 3.67. The number of fused-ring (bicyclic) bond motifs is 1. The standard InChI is InChI=1S/C25H23ClN2O4S/c1-14(2)32-24(30)21-15(3)27-25-28(22(21)17-7-11-19(31-4)12-8-17)23(29)20(33-25)13-16-5-9-18(26)10-6-16/h5-14,22H,1-4H3. The van der Waals surface area contributed by atoms with Crippen molar-refractivity contribution in [3.8, 4) is 5.75 Å². The van der Waals surface area contributed by atoms with Crippen LogP contribution >= 0.6 is 22.9 Å². The Hall–Kier alpha value is -3.16. The molecule has 0 N–H and O–H groups in total. The maximum absolute atomic E-state index is 13.5. The van der Waals surface area contributed by atoms with Crippen LogP contribution in [0, 0.1) is 0 Å². The van der Waals surface area contributed by atoms with Gasteiger partial charge in [-0.25, -0.2) is 9.79 Å². The highest BCUT2D eigenvalue weighted by Crippen LogP contribution is 2.31. The van der Waals surface area contributed by atoms with E-state index in [9.17, 15) is 9.59 Å². The summed E-state index contributed by atoms with van der Waals surface area (Å²) in [5.41, 5.74) is 2.26. The smallest absolute Gasteiger partial charge is 0.338 e. The summed E-state index contributed by atoms with van der Waals surface area (Å²) in [6.45, 7) is 5.35. The van der Waals surface area contributed by atoms with Crippen molar-refractivity contribution in [1.29, 1.82) is 0 Å². The lowest BCUT2D eigenvalue weighted by molar-refractivity contribution is -0.143. The van der Waals surface area contributed by atoms with E-state index in [4.69, 9.17) is 21.1 Å². The molecule has 8 heteroatoms. The Kier molecular flexibility index (Phi) is 6.54. The first kappa shape index (κ1) is 23.0. The molecule has 1 aliphatic rings. The first-order chi connectivity index (χ1) is 15.8. The quantitative estimate of drug-likeness (QED) is 0.518. The third kappa shape index (κ3) is 4.65. The van der Waals surface area contributed by atoms with Gasteiger partial charge in [0.2, 0.25) is 0 Å². The summed E-state index contributed by atoms with van der Waals surface area (Å²) in [4.78, 5) is 31.7. The number of carbonyl (C=O) groups is 1. The van der Waals surface area contributed by atoms with Gasteiger partial charge >= 0.3 is 5.97 Å². The third-order valence-electron chi connectivity index (χ3n) is 5.18. The Bertz CT molecular complexity index is 1400. The highest BCUT2D eigenvalue weighted by molar-refractivity contribution is 7.07. The number of halogens is 1. The van der Waals surface area contributed by atoms with E-state index in [-0.39, 0.29) is 11.7 Å². The molecule has 1 aliphatic heterocycles. The van der Waals surface area contributed by atoms with Crippen molar-refractivity contribution in [2.45, 2.75) is 32.9 Å². The Balaban J connectivity index is 1.92. The molecule has 0 saturated heterocycles. The summed E-state index contributed by atoms with van der Waals surface area (Å²) >= 11 is 7.27. The van der Waals surface area contributed by atoms with E-state index in [0.29, 0.717) is 31.4 Å². The van der Waals surface area contributed by atoms with Gasteiger partial charge in [0, 0.05) is 5.02 Å². The molecule has 0 fully saturated rings. The molecule has 170 valence electrons. The number of rotatable bonds is 5. The lowest BCUT2D eigenvalue weighted by Gasteiger charge is -2.25. The summed E-state index contributed by atoms with van der Waals surface area (Å²) in [7, 11) is 1.59. The second kappa shape index (κ2) is 9.37.